The summed E-state index contributed by atoms with van der Waals surface area (Å²) in [6.45, 7) is 10.5. The van der Waals surface area contributed by atoms with Crippen molar-refractivity contribution in [2.24, 2.45) is 0 Å². The van der Waals surface area contributed by atoms with E-state index in [9.17, 15) is 14.4 Å². The van der Waals surface area contributed by atoms with Crippen molar-refractivity contribution < 1.29 is 29.0 Å². The summed E-state index contributed by atoms with van der Waals surface area (Å²) in [5.74, 6) is -1.08. The first kappa shape index (κ1) is 21.8. The van der Waals surface area contributed by atoms with Crippen molar-refractivity contribution in [2.75, 3.05) is 13.8 Å². The Morgan fingerprint density at radius 2 is 1.74 bits per heavy atom. The molecule has 0 aliphatic rings. The van der Waals surface area contributed by atoms with Gasteiger partial charge in [0.05, 0.1) is 13.4 Å². The monoisotopic (exact) mass is 273 g/mol. The van der Waals surface area contributed by atoms with Gasteiger partial charge < -0.3 is 19.9 Å². The Morgan fingerprint density at radius 1 is 1.21 bits per heavy atom. The molecule has 2 N–H and O–H groups in total. The predicted octanol–water partition coefficient (Wildman–Crippen LogP) is 0.277. The molecule has 1 amide bonds. The molecule has 0 bridgehead atoms. The molecule has 0 aromatic rings. The normalized spacial score (nSPS) is 7.11. The zero-order valence-electron chi connectivity index (χ0n) is 11.0. The van der Waals surface area contributed by atoms with Gasteiger partial charge in [0, 0.05) is 13.0 Å². The topological polar surface area (TPSA) is 102 Å². The lowest BCUT2D eigenvalue weighted by molar-refractivity contribution is -0.136. The number of nitrogens with one attached hydrogen (secondary N) is 1. The molecule has 0 aliphatic heterocycles. The Hall–Kier alpha value is -2.41. The first-order valence-electron chi connectivity index (χ1n) is 4.89. The average molecular weight is 273 g/mol. The number of carbonyl (C=O) groups excluding carboxylic acids is 3. The Labute approximate surface area is 112 Å². The van der Waals surface area contributed by atoms with Gasteiger partial charge in [-0.05, 0) is 6.08 Å². The highest BCUT2D eigenvalue weighted by atomic mass is 16.5. The van der Waals surface area contributed by atoms with Crippen molar-refractivity contribution in [2.45, 2.75) is 6.92 Å². The number of esters is 2. The molecule has 0 aliphatic carbocycles. The van der Waals surface area contributed by atoms with Crippen LogP contribution in [0.2, 0.25) is 0 Å². The molecule has 19 heavy (non-hydrogen) atoms. The van der Waals surface area contributed by atoms with Crippen LogP contribution in [0.25, 0.3) is 0 Å². The van der Waals surface area contributed by atoms with E-state index in [4.69, 9.17) is 5.11 Å². The number of methoxy groups -OCH3 is 1. The van der Waals surface area contributed by atoms with Gasteiger partial charge in [-0.15, -0.1) is 0 Å². The molecule has 0 fully saturated rings. The van der Waals surface area contributed by atoms with Crippen molar-refractivity contribution in [3.05, 3.63) is 38.2 Å². The van der Waals surface area contributed by atoms with Crippen molar-refractivity contribution in [1.29, 1.82) is 0 Å². The van der Waals surface area contributed by atoms with E-state index in [0.29, 0.717) is 0 Å². The zero-order valence-corrected chi connectivity index (χ0v) is 11.0. The van der Waals surface area contributed by atoms with E-state index in [-0.39, 0.29) is 18.6 Å². The minimum Gasteiger partial charge on any atom is -0.466 e. The van der Waals surface area contributed by atoms with Gasteiger partial charge in [0.2, 0.25) is 5.91 Å². The van der Waals surface area contributed by atoms with Crippen LogP contribution in [0.15, 0.2) is 38.2 Å². The van der Waals surface area contributed by atoms with E-state index >= 15 is 0 Å². The Bertz CT molecular complexity index is 311. The third kappa shape index (κ3) is 31.3. The SMILES string of the molecule is C=CC(=O)NCO.C=CC(=O)OC.C=COC(C)=O. The molecule has 0 spiro atoms. The second kappa shape index (κ2) is 18.0. The molecular formula is C12H19NO6. The number of hydrogen-bond donors (Lipinski definition) is 2. The van der Waals surface area contributed by atoms with Crippen LogP contribution in [0.4, 0.5) is 0 Å². The summed E-state index contributed by atoms with van der Waals surface area (Å²) in [7, 11) is 1.31. The van der Waals surface area contributed by atoms with E-state index in [1.807, 2.05) is 0 Å². The first-order chi connectivity index (χ1) is 8.89. The van der Waals surface area contributed by atoms with Gasteiger partial charge in [0.15, 0.2) is 0 Å². The van der Waals surface area contributed by atoms with Crippen LogP contribution in [-0.4, -0.2) is 36.8 Å². The van der Waals surface area contributed by atoms with Crippen LogP contribution in [0.5, 0.6) is 0 Å². The lowest BCUT2D eigenvalue weighted by Gasteiger charge is -1.89. The number of rotatable bonds is 4. The maximum atomic E-state index is 10.0. The van der Waals surface area contributed by atoms with Crippen LogP contribution < -0.4 is 5.32 Å². The van der Waals surface area contributed by atoms with E-state index in [1.165, 1.54) is 14.0 Å². The fourth-order valence-electron chi connectivity index (χ4n) is 0.351. The van der Waals surface area contributed by atoms with Crippen LogP contribution >= 0.6 is 0 Å². The standard InChI is InChI=1S/C4H7NO2.2C4H6O2/c1-2-4(7)5-3-6;1-3-4(5)6-2;1-3-6-4(2)5/h2,6H,1,3H2,(H,5,7);2*3H,1H2,2H3. The van der Waals surface area contributed by atoms with Crippen LogP contribution in [0.1, 0.15) is 6.92 Å². The van der Waals surface area contributed by atoms with Gasteiger partial charge in [-0.25, -0.2) is 4.79 Å². The van der Waals surface area contributed by atoms with Crippen molar-refractivity contribution >= 4 is 17.8 Å². The molecule has 108 valence electrons. The van der Waals surface area contributed by atoms with Crippen LogP contribution in [0.3, 0.4) is 0 Å². The van der Waals surface area contributed by atoms with E-state index in [2.05, 4.69) is 34.5 Å². The lowest BCUT2D eigenvalue weighted by atomic mass is 10.6. The largest absolute Gasteiger partial charge is 0.466 e. The van der Waals surface area contributed by atoms with Gasteiger partial charge in [-0.3, -0.25) is 9.59 Å². The maximum Gasteiger partial charge on any atom is 0.329 e. The molecule has 0 aromatic heterocycles. The van der Waals surface area contributed by atoms with Crippen LogP contribution in [-0.2, 0) is 23.9 Å². The first-order valence-corrected chi connectivity index (χ1v) is 4.89. The van der Waals surface area contributed by atoms with Crippen molar-refractivity contribution in [3.63, 3.8) is 0 Å². The summed E-state index contributed by atoms with van der Waals surface area (Å²) in [5.41, 5.74) is 0. The van der Waals surface area contributed by atoms with Crippen LogP contribution in [0, 0.1) is 0 Å². The zero-order chi connectivity index (χ0) is 15.7. The van der Waals surface area contributed by atoms with Gasteiger partial charge >= 0.3 is 11.9 Å². The van der Waals surface area contributed by atoms with E-state index in [0.717, 1.165) is 18.4 Å². The van der Waals surface area contributed by atoms with Crippen molar-refractivity contribution in [3.8, 4) is 0 Å². The maximum absolute atomic E-state index is 10.0. The number of carbonyl (C=O) groups is 3. The third-order valence-electron chi connectivity index (χ3n) is 1.06. The smallest absolute Gasteiger partial charge is 0.329 e. The number of hydrogen-bond acceptors (Lipinski definition) is 6. The number of ether oxygens (including phenoxy) is 2. The number of aliphatic hydroxyl groups excluding tert-OH is 1. The van der Waals surface area contributed by atoms with Gasteiger partial charge in [-0.1, -0.05) is 19.7 Å². The van der Waals surface area contributed by atoms with Crippen molar-refractivity contribution in [1.82, 2.24) is 5.32 Å². The molecule has 0 saturated heterocycles. The van der Waals surface area contributed by atoms with Gasteiger partial charge in [0.25, 0.3) is 0 Å². The highest BCUT2D eigenvalue weighted by molar-refractivity contribution is 5.86. The minimum absolute atomic E-state index is 0.329. The molecule has 0 unspecified atom stereocenters. The summed E-state index contributed by atoms with van der Waals surface area (Å²) in [6.07, 6.45) is 3.30. The average Bonchev–Trinajstić information content (AvgIpc) is 2.39. The third-order valence-corrected chi connectivity index (χ3v) is 1.06. The molecule has 0 heterocycles. The molecule has 7 heteroatoms. The molecule has 0 rings (SSSR count). The Balaban J connectivity index is -0.000000203. The molecule has 7 nitrogen and oxygen atoms in total. The molecule has 0 radical (unpaired) electrons. The second-order valence-electron chi connectivity index (χ2n) is 2.41. The van der Waals surface area contributed by atoms with Gasteiger partial charge in [-0.2, -0.15) is 0 Å². The summed E-state index contributed by atoms with van der Waals surface area (Å²) in [4.78, 5) is 29.6. The number of aliphatic hydroxyl groups is 1. The summed E-state index contributed by atoms with van der Waals surface area (Å²) >= 11 is 0. The van der Waals surface area contributed by atoms with E-state index < -0.39 is 5.97 Å². The Kier molecular flexibility index (Phi) is 20.6. The summed E-state index contributed by atoms with van der Waals surface area (Å²) in [6, 6.07) is 0. The predicted molar refractivity (Wildman–Crippen MR) is 69.6 cm³/mol. The fourth-order valence-corrected chi connectivity index (χ4v) is 0.351. The fraction of sp³-hybridized carbons (Fsp3) is 0.250. The quantitative estimate of drug-likeness (QED) is 0.330. The molecular weight excluding hydrogens is 254 g/mol. The lowest BCUT2D eigenvalue weighted by Crippen LogP contribution is -2.20. The summed E-state index contributed by atoms with van der Waals surface area (Å²) < 4.78 is 8.31. The Morgan fingerprint density at radius 3 is 1.79 bits per heavy atom. The van der Waals surface area contributed by atoms with Gasteiger partial charge in [0.1, 0.15) is 6.73 Å². The number of amides is 1. The molecule has 0 saturated carbocycles. The highest BCUT2D eigenvalue weighted by Gasteiger charge is 1.84. The summed E-state index contributed by atoms with van der Waals surface area (Å²) in [5, 5.41) is 10.1. The second-order valence-corrected chi connectivity index (χ2v) is 2.41. The molecule has 0 atom stereocenters. The highest BCUT2D eigenvalue weighted by Crippen LogP contribution is 1.70. The molecule has 0 aromatic carbocycles. The van der Waals surface area contributed by atoms with E-state index in [1.54, 1.807) is 0 Å². The minimum atomic E-state index is -0.394.